The zero-order valence-electron chi connectivity index (χ0n) is 11.2. The number of aryl methyl sites for hydroxylation is 2. The van der Waals surface area contributed by atoms with E-state index in [1.807, 2.05) is 6.07 Å². The van der Waals surface area contributed by atoms with E-state index in [1.54, 1.807) is 7.11 Å². The van der Waals surface area contributed by atoms with Gasteiger partial charge >= 0.3 is 0 Å². The molecule has 0 radical (unpaired) electrons. The molecule has 0 heterocycles. The average molecular weight is 229 g/mol. The molecule has 1 aliphatic rings. The van der Waals surface area contributed by atoms with Gasteiger partial charge in [0.1, 0.15) is 5.75 Å². The summed E-state index contributed by atoms with van der Waals surface area (Å²) in [5, 5.41) is 9.52. The van der Waals surface area contributed by atoms with Crippen LogP contribution in [0.4, 0.5) is 0 Å². The molecule has 1 aromatic rings. The molecule has 0 spiro atoms. The zero-order chi connectivity index (χ0) is 12.8. The van der Waals surface area contributed by atoms with Gasteiger partial charge in [-0.1, -0.05) is 19.9 Å². The van der Waals surface area contributed by atoms with Crippen molar-refractivity contribution in [3.05, 3.63) is 28.8 Å². The Balaban J connectivity index is 2.61. The van der Waals surface area contributed by atoms with Crippen molar-refractivity contribution >= 4 is 0 Å². The minimum Gasteiger partial charge on any atom is -0.496 e. The molecule has 1 aromatic carbocycles. The second-order valence-corrected chi connectivity index (χ2v) is 5.71. The molecule has 1 fully saturated rings. The summed E-state index contributed by atoms with van der Waals surface area (Å²) in [5.41, 5.74) is 3.17. The fourth-order valence-corrected chi connectivity index (χ4v) is 2.62. The first-order valence-corrected chi connectivity index (χ1v) is 5.95. The highest BCUT2D eigenvalue weighted by Crippen LogP contribution is 2.65. The molecule has 0 aliphatic heterocycles. The third-order valence-electron chi connectivity index (χ3n) is 4.20. The molecule has 1 atom stereocenters. The van der Waals surface area contributed by atoms with Gasteiger partial charge in [-0.2, -0.15) is 5.26 Å². The van der Waals surface area contributed by atoms with Crippen LogP contribution in [0.25, 0.3) is 0 Å². The SMILES string of the molecule is COc1cc(C)c(C)cc1C1(C#N)CC1(C)C. The first-order valence-electron chi connectivity index (χ1n) is 5.95. The lowest BCUT2D eigenvalue weighted by molar-refractivity contribution is 0.402. The van der Waals surface area contributed by atoms with Crippen LogP contribution in [0, 0.1) is 30.6 Å². The topological polar surface area (TPSA) is 33.0 Å². The molecular weight excluding hydrogens is 210 g/mol. The lowest BCUT2D eigenvalue weighted by atomic mass is 9.87. The molecule has 1 saturated carbocycles. The lowest BCUT2D eigenvalue weighted by Crippen LogP contribution is -2.13. The van der Waals surface area contributed by atoms with Crippen LogP contribution in [0.1, 0.15) is 37.0 Å². The van der Waals surface area contributed by atoms with Gasteiger partial charge in [-0.3, -0.25) is 0 Å². The van der Waals surface area contributed by atoms with Gasteiger partial charge in [0.05, 0.1) is 18.6 Å². The molecule has 2 rings (SSSR count). The zero-order valence-corrected chi connectivity index (χ0v) is 11.2. The number of nitriles is 1. The first kappa shape index (κ1) is 12.0. The third-order valence-corrected chi connectivity index (χ3v) is 4.20. The number of ether oxygens (including phenoxy) is 1. The Labute approximate surface area is 103 Å². The quantitative estimate of drug-likeness (QED) is 0.777. The second kappa shape index (κ2) is 3.50. The molecule has 0 amide bonds. The van der Waals surface area contributed by atoms with Crippen LogP contribution in [0.15, 0.2) is 12.1 Å². The van der Waals surface area contributed by atoms with Crippen molar-refractivity contribution < 1.29 is 4.74 Å². The van der Waals surface area contributed by atoms with E-state index < -0.39 is 0 Å². The molecule has 2 nitrogen and oxygen atoms in total. The number of rotatable bonds is 2. The van der Waals surface area contributed by atoms with Gasteiger partial charge in [0.25, 0.3) is 0 Å². The maximum absolute atomic E-state index is 9.52. The van der Waals surface area contributed by atoms with Gasteiger partial charge in [0.2, 0.25) is 0 Å². The normalized spacial score (nSPS) is 25.2. The van der Waals surface area contributed by atoms with Crippen LogP contribution in [-0.2, 0) is 5.41 Å². The number of nitrogens with zero attached hydrogens (tertiary/aromatic N) is 1. The van der Waals surface area contributed by atoms with Gasteiger partial charge in [0.15, 0.2) is 0 Å². The standard InChI is InChI=1S/C15H19NO/c1-10-6-12(13(17-5)7-11(10)2)15(9-16)8-14(15,3)4/h6-7H,8H2,1-5H3. The largest absolute Gasteiger partial charge is 0.496 e. The number of methoxy groups -OCH3 is 1. The Bertz CT molecular complexity index is 510. The van der Waals surface area contributed by atoms with Crippen LogP contribution < -0.4 is 4.74 Å². The third kappa shape index (κ3) is 1.53. The summed E-state index contributed by atoms with van der Waals surface area (Å²) in [6.07, 6.45) is 0.912. The van der Waals surface area contributed by atoms with Gasteiger partial charge in [-0.05, 0) is 42.9 Å². The summed E-state index contributed by atoms with van der Waals surface area (Å²) in [7, 11) is 1.67. The maximum Gasteiger partial charge on any atom is 0.123 e. The van der Waals surface area contributed by atoms with Crippen LogP contribution in [0.3, 0.4) is 0 Å². The van der Waals surface area contributed by atoms with Crippen molar-refractivity contribution in [2.45, 2.75) is 39.5 Å². The summed E-state index contributed by atoms with van der Waals surface area (Å²) in [4.78, 5) is 0. The van der Waals surface area contributed by atoms with E-state index in [4.69, 9.17) is 4.74 Å². The maximum atomic E-state index is 9.52. The molecule has 0 aromatic heterocycles. The molecule has 90 valence electrons. The van der Waals surface area contributed by atoms with Crippen molar-refractivity contribution in [1.82, 2.24) is 0 Å². The molecular formula is C15H19NO. The molecule has 0 bridgehead atoms. The van der Waals surface area contributed by atoms with E-state index in [-0.39, 0.29) is 10.8 Å². The van der Waals surface area contributed by atoms with E-state index in [0.29, 0.717) is 0 Å². The summed E-state index contributed by atoms with van der Waals surface area (Å²) in [6, 6.07) is 6.66. The Morgan fingerprint density at radius 1 is 1.24 bits per heavy atom. The van der Waals surface area contributed by atoms with Crippen molar-refractivity contribution in [3.63, 3.8) is 0 Å². The highest BCUT2D eigenvalue weighted by atomic mass is 16.5. The Morgan fingerprint density at radius 3 is 2.18 bits per heavy atom. The Kier molecular flexibility index (Phi) is 2.47. The second-order valence-electron chi connectivity index (χ2n) is 5.71. The monoisotopic (exact) mass is 229 g/mol. The summed E-state index contributed by atoms with van der Waals surface area (Å²) in [5.74, 6) is 0.847. The van der Waals surface area contributed by atoms with Crippen molar-refractivity contribution in [1.29, 1.82) is 5.26 Å². The number of hydrogen-bond donors (Lipinski definition) is 0. The smallest absolute Gasteiger partial charge is 0.123 e. The predicted octanol–water partition coefficient (Wildman–Crippen LogP) is 3.50. The highest BCUT2D eigenvalue weighted by molar-refractivity contribution is 5.54. The lowest BCUT2D eigenvalue weighted by Gasteiger charge is -2.18. The fraction of sp³-hybridized carbons (Fsp3) is 0.533. The van der Waals surface area contributed by atoms with E-state index in [2.05, 4.69) is 39.8 Å². The molecule has 1 aliphatic carbocycles. The van der Waals surface area contributed by atoms with Crippen molar-refractivity contribution in [2.24, 2.45) is 5.41 Å². The van der Waals surface area contributed by atoms with Crippen LogP contribution in [-0.4, -0.2) is 7.11 Å². The predicted molar refractivity (Wildman–Crippen MR) is 68.2 cm³/mol. The summed E-state index contributed by atoms with van der Waals surface area (Å²) >= 11 is 0. The molecule has 17 heavy (non-hydrogen) atoms. The highest BCUT2D eigenvalue weighted by Gasteiger charge is 2.64. The molecule has 0 N–H and O–H groups in total. The minimum atomic E-state index is -0.364. The molecule has 0 saturated heterocycles. The van der Waals surface area contributed by atoms with Crippen LogP contribution in [0.5, 0.6) is 5.75 Å². The Hall–Kier alpha value is -1.49. The first-order chi connectivity index (χ1) is 7.88. The van der Waals surface area contributed by atoms with Crippen LogP contribution in [0.2, 0.25) is 0 Å². The fourth-order valence-electron chi connectivity index (χ4n) is 2.62. The Morgan fingerprint density at radius 2 is 1.76 bits per heavy atom. The van der Waals surface area contributed by atoms with Gasteiger partial charge in [-0.25, -0.2) is 0 Å². The minimum absolute atomic E-state index is 0.0523. The van der Waals surface area contributed by atoms with Crippen molar-refractivity contribution in [3.8, 4) is 11.8 Å². The van der Waals surface area contributed by atoms with E-state index in [9.17, 15) is 5.26 Å². The molecule has 1 unspecified atom stereocenters. The van der Waals surface area contributed by atoms with E-state index >= 15 is 0 Å². The summed E-state index contributed by atoms with van der Waals surface area (Å²) < 4.78 is 5.45. The van der Waals surface area contributed by atoms with Crippen molar-refractivity contribution in [2.75, 3.05) is 7.11 Å². The summed E-state index contributed by atoms with van der Waals surface area (Å²) in [6.45, 7) is 8.44. The number of hydrogen-bond acceptors (Lipinski definition) is 2. The van der Waals surface area contributed by atoms with Gasteiger partial charge in [-0.15, -0.1) is 0 Å². The molecule has 2 heteroatoms. The van der Waals surface area contributed by atoms with E-state index in [0.717, 1.165) is 17.7 Å². The number of benzene rings is 1. The van der Waals surface area contributed by atoms with Crippen LogP contribution >= 0.6 is 0 Å². The van der Waals surface area contributed by atoms with Gasteiger partial charge in [0, 0.05) is 5.56 Å². The van der Waals surface area contributed by atoms with E-state index in [1.165, 1.54) is 11.1 Å². The van der Waals surface area contributed by atoms with Gasteiger partial charge < -0.3 is 4.74 Å². The average Bonchev–Trinajstić information content (AvgIpc) is 2.85.